The summed E-state index contributed by atoms with van der Waals surface area (Å²) in [5.41, 5.74) is 1.04. The second kappa shape index (κ2) is 5.33. The number of sulfonamides is 1. The Balaban J connectivity index is 2.15. The van der Waals surface area contributed by atoms with Gasteiger partial charge in [-0.25, -0.2) is 8.42 Å². The van der Waals surface area contributed by atoms with Crippen molar-refractivity contribution in [2.24, 2.45) is 0 Å². The third-order valence-electron chi connectivity index (χ3n) is 2.87. The van der Waals surface area contributed by atoms with Crippen LogP contribution >= 0.6 is 0 Å². The SMILES string of the molecule is C#CCNC(=O)c1ccc(N2CCCS2(=O)=O)cc1. The number of carbonyl (C=O) groups excluding carboxylic acids is 1. The molecule has 0 spiro atoms. The summed E-state index contributed by atoms with van der Waals surface area (Å²) in [5.74, 6) is 2.22. The van der Waals surface area contributed by atoms with Gasteiger partial charge < -0.3 is 5.32 Å². The highest BCUT2D eigenvalue weighted by Crippen LogP contribution is 2.24. The third kappa shape index (κ3) is 2.88. The Kier molecular flexibility index (Phi) is 3.76. The Bertz CT molecular complexity index is 614. The smallest absolute Gasteiger partial charge is 0.252 e. The van der Waals surface area contributed by atoms with Crippen LogP contribution in [0.1, 0.15) is 16.8 Å². The minimum absolute atomic E-state index is 0.168. The number of hydrogen-bond acceptors (Lipinski definition) is 3. The lowest BCUT2D eigenvalue weighted by Crippen LogP contribution is -2.26. The van der Waals surface area contributed by atoms with Gasteiger partial charge in [-0.05, 0) is 30.7 Å². The maximum absolute atomic E-state index is 11.7. The highest BCUT2D eigenvalue weighted by molar-refractivity contribution is 7.93. The molecule has 1 N–H and O–H groups in total. The van der Waals surface area contributed by atoms with Crippen LogP contribution in [-0.2, 0) is 10.0 Å². The second-order valence-corrected chi connectivity index (χ2v) is 6.19. The van der Waals surface area contributed by atoms with Crippen LogP contribution in [0.2, 0.25) is 0 Å². The number of rotatable bonds is 3. The minimum Gasteiger partial charge on any atom is -0.341 e. The summed E-state index contributed by atoms with van der Waals surface area (Å²) in [6.45, 7) is 0.659. The highest BCUT2D eigenvalue weighted by Gasteiger charge is 2.28. The number of carbonyl (C=O) groups is 1. The molecule has 1 amide bonds. The molecular formula is C13H14N2O3S. The van der Waals surface area contributed by atoms with Gasteiger partial charge >= 0.3 is 0 Å². The zero-order chi connectivity index (χ0) is 13.9. The molecular weight excluding hydrogens is 264 g/mol. The van der Waals surface area contributed by atoms with Gasteiger partial charge in [0.2, 0.25) is 10.0 Å². The second-order valence-electron chi connectivity index (χ2n) is 4.18. The fourth-order valence-electron chi connectivity index (χ4n) is 1.94. The van der Waals surface area contributed by atoms with E-state index >= 15 is 0 Å². The summed E-state index contributed by atoms with van der Waals surface area (Å²) in [6, 6.07) is 6.45. The fourth-order valence-corrected chi connectivity index (χ4v) is 3.51. The van der Waals surface area contributed by atoms with E-state index < -0.39 is 10.0 Å². The van der Waals surface area contributed by atoms with Crippen LogP contribution in [0.5, 0.6) is 0 Å². The summed E-state index contributed by atoms with van der Waals surface area (Å²) >= 11 is 0. The number of nitrogens with one attached hydrogen (secondary N) is 1. The summed E-state index contributed by atoms with van der Waals surface area (Å²) in [7, 11) is -3.18. The predicted molar refractivity (Wildman–Crippen MR) is 73.4 cm³/mol. The molecule has 1 aliphatic heterocycles. The van der Waals surface area contributed by atoms with Crippen LogP contribution in [0.25, 0.3) is 0 Å². The van der Waals surface area contributed by atoms with Crippen molar-refractivity contribution in [1.82, 2.24) is 5.32 Å². The van der Waals surface area contributed by atoms with E-state index in [2.05, 4.69) is 11.2 Å². The van der Waals surface area contributed by atoms with Gasteiger partial charge in [0, 0.05) is 12.1 Å². The quantitative estimate of drug-likeness (QED) is 0.823. The van der Waals surface area contributed by atoms with Gasteiger partial charge in [-0.3, -0.25) is 9.10 Å². The summed E-state index contributed by atoms with van der Waals surface area (Å²) in [6.07, 6.45) is 5.69. The molecule has 1 aromatic rings. The molecule has 6 heteroatoms. The van der Waals surface area contributed by atoms with Gasteiger partial charge in [-0.1, -0.05) is 5.92 Å². The molecule has 0 atom stereocenters. The molecule has 2 rings (SSSR count). The van der Waals surface area contributed by atoms with Gasteiger partial charge in [0.05, 0.1) is 18.0 Å². The minimum atomic E-state index is -3.18. The fraction of sp³-hybridized carbons (Fsp3) is 0.308. The number of benzene rings is 1. The molecule has 0 saturated carbocycles. The van der Waals surface area contributed by atoms with Crippen LogP contribution in [-0.4, -0.2) is 33.2 Å². The molecule has 5 nitrogen and oxygen atoms in total. The molecule has 0 radical (unpaired) electrons. The lowest BCUT2D eigenvalue weighted by Gasteiger charge is -2.16. The molecule has 0 aliphatic carbocycles. The van der Waals surface area contributed by atoms with Crippen molar-refractivity contribution in [3.05, 3.63) is 29.8 Å². The van der Waals surface area contributed by atoms with E-state index in [1.54, 1.807) is 24.3 Å². The Labute approximate surface area is 112 Å². The van der Waals surface area contributed by atoms with E-state index in [-0.39, 0.29) is 18.2 Å². The summed E-state index contributed by atoms with van der Waals surface area (Å²) in [5, 5.41) is 2.55. The number of amides is 1. The van der Waals surface area contributed by atoms with E-state index in [1.165, 1.54) is 4.31 Å². The first-order valence-corrected chi connectivity index (χ1v) is 7.47. The average Bonchev–Trinajstić information content (AvgIpc) is 2.76. The molecule has 0 aromatic heterocycles. The van der Waals surface area contributed by atoms with Crippen molar-refractivity contribution in [2.75, 3.05) is 23.1 Å². The van der Waals surface area contributed by atoms with Gasteiger partial charge in [0.25, 0.3) is 5.91 Å². The lowest BCUT2D eigenvalue weighted by molar-refractivity contribution is 0.0958. The first-order chi connectivity index (χ1) is 9.04. The number of terminal acetylenes is 1. The molecule has 0 unspecified atom stereocenters. The van der Waals surface area contributed by atoms with Crippen LogP contribution in [0.4, 0.5) is 5.69 Å². The van der Waals surface area contributed by atoms with Gasteiger partial charge in [-0.15, -0.1) is 6.42 Å². The van der Waals surface area contributed by atoms with E-state index in [1.807, 2.05) is 0 Å². The molecule has 19 heavy (non-hydrogen) atoms. The molecule has 1 aromatic carbocycles. The zero-order valence-electron chi connectivity index (χ0n) is 10.3. The van der Waals surface area contributed by atoms with E-state index in [9.17, 15) is 13.2 Å². The zero-order valence-corrected chi connectivity index (χ0v) is 11.1. The Morgan fingerprint density at radius 2 is 2.05 bits per heavy atom. The van der Waals surface area contributed by atoms with Crippen LogP contribution in [0, 0.1) is 12.3 Å². The molecule has 1 saturated heterocycles. The van der Waals surface area contributed by atoms with Crippen molar-refractivity contribution in [2.45, 2.75) is 6.42 Å². The van der Waals surface area contributed by atoms with Gasteiger partial charge in [0.15, 0.2) is 0 Å². The van der Waals surface area contributed by atoms with Crippen molar-refractivity contribution in [3.8, 4) is 12.3 Å². The normalized spacial score (nSPS) is 16.9. The van der Waals surface area contributed by atoms with Crippen molar-refractivity contribution in [1.29, 1.82) is 0 Å². The Morgan fingerprint density at radius 3 is 2.58 bits per heavy atom. The maximum Gasteiger partial charge on any atom is 0.252 e. The standard InChI is InChI=1S/C13H14N2O3S/c1-2-8-14-13(16)11-4-6-12(7-5-11)15-9-3-10-19(15,17)18/h1,4-7H,3,8-10H2,(H,14,16). The third-order valence-corrected chi connectivity index (χ3v) is 4.74. The Morgan fingerprint density at radius 1 is 1.37 bits per heavy atom. The lowest BCUT2D eigenvalue weighted by atomic mass is 10.2. The monoisotopic (exact) mass is 278 g/mol. The molecule has 1 fully saturated rings. The maximum atomic E-state index is 11.7. The predicted octanol–water partition coefficient (Wildman–Crippen LogP) is 0.589. The number of nitrogens with zero attached hydrogens (tertiary/aromatic N) is 1. The van der Waals surface area contributed by atoms with Gasteiger partial charge in [0.1, 0.15) is 0 Å². The topological polar surface area (TPSA) is 66.5 Å². The van der Waals surface area contributed by atoms with Crippen molar-refractivity contribution < 1.29 is 13.2 Å². The molecule has 1 heterocycles. The van der Waals surface area contributed by atoms with Crippen LogP contribution in [0.15, 0.2) is 24.3 Å². The largest absolute Gasteiger partial charge is 0.341 e. The Hall–Kier alpha value is -2.00. The van der Waals surface area contributed by atoms with Crippen LogP contribution < -0.4 is 9.62 Å². The molecule has 0 bridgehead atoms. The number of hydrogen-bond donors (Lipinski definition) is 1. The van der Waals surface area contributed by atoms with Crippen molar-refractivity contribution in [3.63, 3.8) is 0 Å². The number of anilines is 1. The average molecular weight is 278 g/mol. The molecule has 100 valence electrons. The summed E-state index contributed by atoms with van der Waals surface area (Å²) in [4.78, 5) is 11.6. The van der Waals surface area contributed by atoms with Gasteiger partial charge in [-0.2, -0.15) is 0 Å². The first-order valence-electron chi connectivity index (χ1n) is 5.87. The van der Waals surface area contributed by atoms with Crippen molar-refractivity contribution >= 4 is 21.6 Å². The highest BCUT2D eigenvalue weighted by atomic mass is 32.2. The van der Waals surface area contributed by atoms with E-state index in [0.29, 0.717) is 24.2 Å². The van der Waals surface area contributed by atoms with E-state index in [0.717, 1.165) is 0 Å². The summed E-state index contributed by atoms with van der Waals surface area (Å²) < 4.78 is 24.9. The first kappa shape index (κ1) is 13.4. The van der Waals surface area contributed by atoms with Crippen LogP contribution in [0.3, 0.4) is 0 Å². The van der Waals surface area contributed by atoms with E-state index in [4.69, 9.17) is 6.42 Å². The molecule has 1 aliphatic rings.